The van der Waals surface area contributed by atoms with Crippen LogP contribution in [0.2, 0.25) is 0 Å². The van der Waals surface area contributed by atoms with Crippen LogP contribution in [0, 0.1) is 5.92 Å². The van der Waals surface area contributed by atoms with Gasteiger partial charge in [-0.25, -0.2) is 4.68 Å². The van der Waals surface area contributed by atoms with Crippen LogP contribution < -0.4 is 5.56 Å². The number of aromatic nitrogens is 2. The van der Waals surface area contributed by atoms with Crippen LogP contribution in [0.15, 0.2) is 9.27 Å². The average Bonchev–Trinajstić information content (AvgIpc) is 2.46. The summed E-state index contributed by atoms with van der Waals surface area (Å²) in [4.78, 5) is 23.1. The van der Waals surface area contributed by atoms with Gasteiger partial charge in [0.1, 0.15) is 11.0 Å². The molecule has 1 aromatic rings. The fourth-order valence-corrected chi connectivity index (χ4v) is 1.97. The highest BCUT2D eigenvalue weighted by atomic mass is 79.9. The minimum Gasteiger partial charge on any atom is -0.465 e. The van der Waals surface area contributed by atoms with Crippen LogP contribution in [-0.4, -0.2) is 22.4 Å². The van der Waals surface area contributed by atoms with Crippen LogP contribution >= 0.6 is 15.9 Å². The summed E-state index contributed by atoms with van der Waals surface area (Å²) in [7, 11) is 0. The number of hydrogen-bond acceptors (Lipinski definition) is 3. The van der Waals surface area contributed by atoms with Gasteiger partial charge in [-0.15, -0.1) is 0 Å². The lowest BCUT2D eigenvalue weighted by Gasteiger charge is -2.03. The molecule has 0 aliphatic carbocycles. The van der Waals surface area contributed by atoms with Crippen molar-refractivity contribution in [3.63, 3.8) is 0 Å². The van der Waals surface area contributed by atoms with Gasteiger partial charge in [0.15, 0.2) is 0 Å². The van der Waals surface area contributed by atoms with E-state index in [-0.39, 0.29) is 12.1 Å². The zero-order valence-corrected chi connectivity index (χ0v) is 11.8. The third kappa shape index (κ3) is 3.73. The van der Waals surface area contributed by atoms with Crippen molar-refractivity contribution in [3.8, 4) is 0 Å². The molecule has 0 atom stereocenters. The maximum atomic E-state index is 11.8. The van der Waals surface area contributed by atoms with Gasteiger partial charge >= 0.3 is 5.97 Å². The summed E-state index contributed by atoms with van der Waals surface area (Å²) in [6.45, 7) is 6.09. The molecular weight excluding hydrogens is 288 g/mol. The Hall–Kier alpha value is -1.04. The first-order valence-electron chi connectivity index (χ1n) is 5.58. The number of nitrogens with one attached hydrogen (secondary N) is 1. The topological polar surface area (TPSA) is 64.1 Å². The van der Waals surface area contributed by atoms with Crippen molar-refractivity contribution in [2.45, 2.75) is 33.7 Å². The lowest BCUT2D eigenvalue weighted by molar-refractivity contribution is -0.144. The average molecular weight is 305 g/mol. The van der Waals surface area contributed by atoms with E-state index in [9.17, 15) is 9.59 Å². The highest BCUT2D eigenvalue weighted by molar-refractivity contribution is 9.10. The Morgan fingerprint density at radius 2 is 2.18 bits per heavy atom. The van der Waals surface area contributed by atoms with E-state index in [1.54, 1.807) is 6.92 Å². The van der Waals surface area contributed by atoms with Crippen LogP contribution in [0.3, 0.4) is 0 Å². The van der Waals surface area contributed by atoms with Gasteiger partial charge in [0.25, 0.3) is 5.56 Å². The summed E-state index contributed by atoms with van der Waals surface area (Å²) >= 11 is 3.24. The highest BCUT2D eigenvalue weighted by Gasteiger charge is 2.14. The molecule has 0 aliphatic rings. The molecule has 5 nitrogen and oxygen atoms in total. The van der Waals surface area contributed by atoms with E-state index in [1.807, 2.05) is 0 Å². The van der Waals surface area contributed by atoms with Gasteiger partial charge in [-0.2, -0.15) is 0 Å². The molecule has 0 bridgehead atoms. The molecule has 0 saturated heterocycles. The maximum Gasteiger partial charge on any atom is 0.327 e. The third-order valence-electron chi connectivity index (χ3n) is 2.17. The van der Waals surface area contributed by atoms with Crippen LogP contribution in [0.25, 0.3) is 0 Å². The zero-order valence-electron chi connectivity index (χ0n) is 10.2. The largest absolute Gasteiger partial charge is 0.465 e. The number of nitrogens with zero attached hydrogens (tertiary/aromatic N) is 1. The van der Waals surface area contributed by atoms with E-state index in [0.29, 0.717) is 17.0 Å². The number of hydrogen-bond donors (Lipinski definition) is 1. The SMILES string of the molecule is CCOC(=O)Cn1[nH]c(CC(C)C)c(Br)c1=O. The normalized spacial score (nSPS) is 10.9. The first kappa shape index (κ1) is 14.0. The molecule has 6 heteroatoms. The lowest BCUT2D eigenvalue weighted by Crippen LogP contribution is -2.23. The fourth-order valence-electron chi connectivity index (χ4n) is 1.50. The Bertz CT molecular complexity index is 448. The monoisotopic (exact) mass is 304 g/mol. The molecule has 1 rings (SSSR count). The Morgan fingerprint density at radius 3 is 2.71 bits per heavy atom. The number of esters is 1. The molecule has 0 saturated carbocycles. The van der Waals surface area contributed by atoms with Crippen LogP contribution in [-0.2, 0) is 22.5 Å². The number of aromatic amines is 1. The zero-order chi connectivity index (χ0) is 13.0. The van der Waals surface area contributed by atoms with Gasteiger partial charge in [-0.05, 0) is 35.2 Å². The van der Waals surface area contributed by atoms with E-state index < -0.39 is 5.97 Å². The maximum absolute atomic E-state index is 11.8. The fraction of sp³-hybridized carbons (Fsp3) is 0.636. The summed E-state index contributed by atoms with van der Waals surface area (Å²) in [5.74, 6) is 0.0137. The van der Waals surface area contributed by atoms with E-state index >= 15 is 0 Å². The molecule has 96 valence electrons. The van der Waals surface area contributed by atoms with Gasteiger partial charge in [0.2, 0.25) is 0 Å². The van der Waals surface area contributed by atoms with Gasteiger partial charge in [0.05, 0.1) is 12.3 Å². The molecule has 0 radical (unpaired) electrons. The smallest absolute Gasteiger partial charge is 0.327 e. The van der Waals surface area contributed by atoms with E-state index in [4.69, 9.17) is 4.74 Å². The third-order valence-corrected chi connectivity index (χ3v) is 2.99. The second kappa shape index (κ2) is 6.05. The summed E-state index contributed by atoms with van der Waals surface area (Å²) in [5.41, 5.74) is 0.586. The summed E-state index contributed by atoms with van der Waals surface area (Å²) in [6, 6.07) is 0. The van der Waals surface area contributed by atoms with Crippen molar-refractivity contribution in [3.05, 3.63) is 20.5 Å². The van der Waals surface area contributed by atoms with Gasteiger partial charge < -0.3 is 4.74 Å². The molecule has 0 amide bonds. The standard InChI is InChI=1S/C11H17BrN2O3/c1-4-17-9(15)6-14-11(16)10(12)8(13-14)5-7(2)3/h7,13H,4-6H2,1-3H3. The second-order valence-electron chi connectivity index (χ2n) is 4.20. The lowest BCUT2D eigenvalue weighted by atomic mass is 10.1. The van der Waals surface area contributed by atoms with Crippen molar-refractivity contribution >= 4 is 21.9 Å². The molecule has 1 N–H and O–H groups in total. The molecule has 0 unspecified atom stereocenters. The number of carbonyl (C=O) groups is 1. The van der Waals surface area contributed by atoms with Crippen molar-refractivity contribution < 1.29 is 9.53 Å². The van der Waals surface area contributed by atoms with Crippen LogP contribution in [0.4, 0.5) is 0 Å². The molecule has 0 spiro atoms. The molecular formula is C11H17BrN2O3. The summed E-state index contributed by atoms with van der Waals surface area (Å²) in [5, 5.41) is 2.93. The van der Waals surface area contributed by atoms with Gasteiger partial charge in [0, 0.05) is 0 Å². The number of halogens is 1. The molecule has 0 aliphatic heterocycles. The predicted molar refractivity (Wildman–Crippen MR) is 67.9 cm³/mol. The van der Waals surface area contributed by atoms with Crippen molar-refractivity contribution in [1.29, 1.82) is 0 Å². The van der Waals surface area contributed by atoms with Crippen molar-refractivity contribution in [1.82, 2.24) is 9.78 Å². The van der Waals surface area contributed by atoms with Crippen LogP contribution in [0.1, 0.15) is 26.5 Å². The number of carbonyl (C=O) groups excluding carboxylic acids is 1. The Labute approximate surface area is 108 Å². The Balaban J connectivity index is 2.87. The van der Waals surface area contributed by atoms with E-state index in [0.717, 1.165) is 12.1 Å². The molecule has 0 aromatic carbocycles. The molecule has 1 heterocycles. The Kier molecular flexibility index (Phi) is 4.99. The van der Waals surface area contributed by atoms with E-state index in [2.05, 4.69) is 34.9 Å². The quantitative estimate of drug-likeness (QED) is 0.842. The van der Waals surface area contributed by atoms with Gasteiger partial charge in [-0.3, -0.25) is 14.7 Å². The highest BCUT2D eigenvalue weighted by Crippen LogP contribution is 2.14. The molecule has 17 heavy (non-hydrogen) atoms. The number of ether oxygens (including phenoxy) is 1. The second-order valence-corrected chi connectivity index (χ2v) is 4.99. The molecule has 1 aromatic heterocycles. The van der Waals surface area contributed by atoms with Crippen LogP contribution in [0.5, 0.6) is 0 Å². The number of H-pyrrole nitrogens is 1. The Morgan fingerprint density at radius 1 is 1.53 bits per heavy atom. The minimum atomic E-state index is -0.417. The van der Waals surface area contributed by atoms with Gasteiger partial charge in [-0.1, -0.05) is 13.8 Å². The van der Waals surface area contributed by atoms with Crippen molar-refractivity contribution in [2.75, 3.05) is 6.61 Å². The summed E-state index contributed by atoms with van der Waals surface area (Å²) in [6.07, 6.45) is 0.756. The molecule has 0 fully saturated rings. The first-order valence-corrected chi connectivity index (χ1v) is 6.37. The number of rotatable bonds is 5. The first-order chi connectivity index (χ1) is 7.95. The summed E-state index contributed by atoms with van der Waals surface area (Å²) < 4.78 is 6.56. The van der Waals surface area contributed by atoms with Crippen molar-refractivity contribution in [2.24, 2.45) is 5.92 Å². The predicted octanol–water partition coefficient (Wildman–Crippen LogP) is 1.70. The van der Waals surface area contributed by atoms with E-state index in [1.165, 1.54) is 4.68 Å². The minimum absolute atomic E-state index is 0.0800.